The fourth-order valence-electron chi connectivity index (χ4n) is 1.86. The average molecular weight is 388 g/mol. The molecule has 0 radical (unpaired) electrons. The predicted octanol–water partition coefficient (Wildman–Crippen LogP) is 4.34. The third-order valence-corrected chi connectivity index (χ3v) is 3.89. The summed E-state index contributed by atoms with van der Waals surface area (Å²) >= 11 is 13.9. The Kier molecular flexibility index (Phi) is 3.13. The van der Waals surface area contributed by atoms with E-state index >= 15 is 0 Å². The molecule has 1 N–H and O–H groups in total. The smallest absolute Gasteiger partial charge is 0.182 e. The number of nitrogens with one attached hydrogen (secondary N) is 1. The molecule has 3 aromatic rings. The van der Waals surface area contributed by atoms with Crippen molar-refractivity contribution in [2.45, 2.75) is 0 Å². The number of benzene rings is 1. The van der Waals surface area contributed by atoms with E-state index in [0.717, 1.165) is 20.3 Å². The van der Waals surface area contributed by atoms with Gasteiger partial charge in [-0.2, -0.15) is 0 Å². The minimum absolute atomic E-state index is 0.612. The van der Waals surface area contributed by atoms with E-state index in [-0.39, 0.29) is 0 Å². The van der Waals surface area contributed by atoms with Gasteiger partial charge in [0, 0.05) is 9.77 Å². The van der Waals surface area contributed by atoms with Gasteiger partial charge in [-0.25, -0.2) is 0 Å². The monoisotopic (exact) mass is 387 g/mol. The quantitative estimate of drug-likeness (QED) is 0.498. The van der Waals surface area contributed by atoms with E-state index in [0.29, 0.717) is 9.79 Å². The Bertz CT molecular complexity index is 793. The van der Waals surface area contributed by atoms with E-state index in [1.165, 1.54) is 0 Å². The molecule has 90 valence electrons. The first-order valence-electron chi connectivity index (χ1n) is 5.17. The number of halogens is 2. The minimum atomic E-state index is 0.612. The summed E-state index contributed by atoms with van der Waals surface area (Å²) in [7, 11) is 0. The lowest BCUT2D eigenvalue weighted by atomic mass is 10.3. The molecule has 0 aliphatic heterocycles. The average Bonchev–Trinajstić information content (AvgIpc) is 2.66. The standard InChI is InChI=1S/C12H7ClIN3S/c13-8-5-7(14)1-2-10(8)17-11-3-4-15-6-9(11)16-12(17)18/h1-6H,(H,16,18). The van der Waals surface area contributed by atoms with Crippen LogP contribution in [0.4, 0.5) is 0 Å². The molecule has 0 aliphatic carbocycles. The number of pyridine rings is 1. The van der Waals surface area contributed by atoms with Gasteiger partial charge in [-0.15, -0.1) is 0 Å². The van der Waals surface area contributed by atoms with E-state index in [4.69, 9.17) is 23.8 Å². The molecule has 0 fully saturated rings. The summed E-state index contributed by atoms with van der Waals surface area (Å²) < 4.78 is 3.63. The molecular weight excluding hydrogens is 381 g/mol. The van der Waals surface area contributed by atoms with Gasteiger partial charge in [0.25, 0.3) is 0 Å². The number of H-pyrrole nitrogens is 1. The van der Waals surface area contributed by atoms with Gasteiger partial charge >= 0.3 is 0 Å². The van der Waals surface area contributed by atoms with Gasteiger partial charge in [-0.05, 0) is 59.1 Å². The lowest BCUT2D eigenvalue weighted by molar-refractivity contribution is 1.06. The second-order valence-electron chi connectivity index (χ2n) is 3.75. The van der Waals surface area contributed by atoms with Crippen LogP contribution in [0.2, 0.25) is 5.02 Å². The molecule has 0 unspecified atom stereocenters. The fraction of sp³-hybridized carbons (Fsp3) is 0. The van der Waals surface area contributed by atoms with Crippen molar-refractivity contribution in [2.24, 2.45) is 0 Å². The van der Waals surface area contributed by atoms with Crippen LogP contribution in [0, 0.1) is 8.34 Å². The number of fused-ring (bicyclic) bond motifs is 1. The highest BCUT2D eigenvalue weighted by Crippen LogP contribution is 2.26. The summed E-state index contributed by atoms with van der Waals surface area (Å²) in [4.78, 5) is 7.19. The summed E-state index contributed by atoms with van der Waals surface area (Å²) in [5, 5.41) is 0.677. The van der Waals surface area contributed by atoms with Gasteiger partial charge in [0.1, 0.15) is 0 Å². The van der Waals surface area contributed by atoms with E-state index in [1.54, 1.807) is 12.4 Å². The molecule has 6 heteroatoms. The number of aromatic amines is 1. The molecule has 0 amide bonds. The topological polar surface area (TPSA) is 33.6 Å². The number of hydrogen-bond acceptors (Lipinski definition) is 2. The fourth-order valence-corrected chi connectivity index (χ4v) is 3.11. The zero-order valence-corrected chi connectivity index (χ0v) is 12.8. The molecule has 0 aliphatic rings. The van der Waals surface area contributed by atoms with Crippen LogP contribution in [-0.4, -0.2) is 14.5 Å². The van der Waals surface area contributed by atoms with Crippen molar-refractivity contribution >= 4 is 57.4 Å². The zero-order chi connectivity index (χ0) is 12.7. The first-order valence-corrected chi connectivity index (χ1v) is 7.03. The van der Waals surface area contributed by atoms with Gasteiger partial charge in [0.05, 0.1) is 27.9 Å². The van der Waals surface area contributed by atoms with E-state index in [1.807, 2.05) is 28.8 Å². The Morgan fingerprint density at radius 2 is 2.17 bits per heavy atom. The molecule has 18 heavy (non-hydrogen) atoms. The molecule has 0 spiro atoms. The number of imidazole rings is 1. The number of hydrogen-bond donors (Lipinski definition) is 1. The van der Waals surface area contributed by atoms with Crippen LogP contribution >= 0.6 is 46.4 Å². The van der Waals surface area contributed by atoms with Gasteiger partial charge in [0.15, 0.2) is 4.77 Å². The number of rotatable bonds is 1. The maximum absolute atomic E-state index is 6.29. The Balaban J connectivity index is 2.38. The van der Waals surface area contributed by atoms with Gasteiger partial charge in [-0.3, -0.25) is 9.55 Å². The van der Waals surface area contributed by atoms with Crippen LogP contribution in [0.3, 0.4) is 0 Å². The van der Waals surface area contributed by atoms with Crippen LogP contribution in [-0.2, 0) is 0 Å². The number of nitrogens with zero attached hydrogens (tertiary/aromatic N) is 2. The van der Waals surface area contributed by atoms with Crippen molar-refractivity contribution in [3.8, 4) is 5.69 Å². The van der Waals surface area contributed by atoms with Crippen LogP contribution < -0.4 is 0 Å². The molecule has 0 saturated carbocycles. The maximum Gasteiger partial charge on any atom is 0.182 e. The van der Waals surface area contributed by atoms with Crippen LogP contribution in [0.15, 0.2) is 36.7 Å². The van der Waals surface area contributed by atoms with Crippen molar-refractivity contribution in [1.82, 2.24) is 14.5 Å². The summed E-state index contributed by atoms with van der Waals surface area (Å²) in [6.07, 6.45) is 3.49. The highest BCUT2D eigenvalue weighted by molar-refractivity contribution is 14.1. The molecule has 3 nitrogen and oxygen atoms in total. The Morgan fingerprint density at radius 1 is 1.33 bits per heavy atom. The van der Waals surface area contributed by atoms with Crippen molar-refractivity contribution in [2.75, 3.05) is 0 Å². The Labute approximate surface area is 127 Å². The highest BCUT2D eigenvalue weighted by Gasteiger charge is 2.09. The zero-order valence-electron chi connectivity index (χ0n) is 9.02. The van der Waals surface area contributed by atoms with Crippen molar-refractivity contribution in [3.05, 3.63) is 50.0 Å². The first-order chi connectivity index (χ1) is 8.66. The van der Waals surface area contributed by atoms with Gasteiger partial charge in [0.2, 0.25) is 0 Å². The summed E-state index contributed by atoms with van der Waals surface area (Å²) in [5.74, 6) is 0. The third-order valence-electron chi connectivity index (χ3n) is 2.63. The van der Waals surface area contributed by atoms with E-state index in [2.05, 4.69) is 32.6 Å². The van der Waals surface area contributed by atoms with Crippen molar-refractivity contribution < 1.29 is 0 Å². The summed E-state index contributed by atoms with van der Waals surface area (Å²) in [6, 6.07) is 7.80. The van der Waals surface area contributed by atoms with Crippen LogP contribution in [0.5, 0.6) is 0 Å². The Morgan fingerprint density at radius 3 is 2.94 bits per heavy atom. The lowest BCUT2D eigenvalue weighted by Gasteiger charge is -2.07. The predicted molar refractivity (Wildman–Crippen MR) is 84.0 cm³/mol. The second kappa shape index (κ2) is 4.64. The third kappa shape index (κ3) is 1.96. The molecular formula is C12H7ClIN3S. The van der Waals surface area contributed by atoms with Gasteiger partial charge < -0.3 is 4.98 Å². The Hall–Kier alpha value is -0.920. The van der Waals surface area contributed by atoms with Crippen molar-refractivity contribution in [3.63, 3.8) is 0 Å². The first kappa shape index (κ1) is 12.1. The molecule has 2 heterocycles. The molecule has 0 saturated heterocycles. The molecule has 2 aromatic heterocycles. The summed E-state index contributed by atoms with van der Waals surface area (Å²) in [5.41, 5.74) is 2.75. The highest BCUT2D eigenvalue weighted by atomic mass is 127. The van der Waals surface area contributed by atoms with Crippen molar-refractivity contribution in [1.29, 1.82) is 0 Å². The molecule has 3 rings (SSSR count). The van der Waals surface area contributed by atoms with Gasteiger partial charge in [-0.1, -0.05) is 11.6 Å². The van der Waals surface area contributed by atoms with Crippen LogP contribution in [0.1, 0.15) is 0 Å². The number of aromatic nitrogens is 3. The lowest BCUT2D eigenvalue weighted by Crippen LogP contribution is -1.95. The van der Waals surface area contributed by atoms with Crippen LogP contribution in [0.25, 0.3) is 16.7 Å². The maximum atomic E-state index is 6.29. The SMILES string of the molecule is S=c1[nH]c2cnccc2n1-c1ccc(I)cc1Cl. The molecule has 0 bridgehead atoms. The molecule has 1 aromatic carbocycles. The van der Waals surface area contributed by atoms with E-state index < -0.39 is 0 Å². The minimum Gasteiger partial charge on any atom is -0.329 e. The largest absolute Gasteiger partial charge is 0.329 e. The second-order valence-corrected chi connectivity index (χ2v) is 5.79. The summed E-state index contributed by atoms with van der Waals surface area (Å²) in [6.45, 7) is 0. The normalized spacial score (nSPS) is 11.0. The van der Waals surface area contributed by atoms with E-state index in [9.17, 15) is 0 Å². The molecule has 0 atom stereocenters.